The third kappa shape index (κ3) is 2.67. The van der Waals surface area contributed by atoms with E-state index in [9.17, 15) is 14.4 Å². The Labute approximate surface area is 131 Å². The van der Waals surface area contributed by atoms with Crippen molar-refractivity contribution in [3.63, 3.8) is 0 Å². The van der Waals surface area contributed by atoms with Gasteiger partial charge in [0.05, 0.1) is 12.6 Å². The summed E-state index contributed by atoms with van der Waals surface area (Å²) in [6.07, 6.45) is -0.385. The molecule has 0 bridgehead atoms. The van der Waals surface area contributed by atoms with Gasteiger partial charge in [-0.05, 0) is 18.2 Å². The van der Waals surface area contributed by atoms with E-state index >= 15 is 0 Å². The van der Waals surface area contributed by atoms with Crippen molar-refractivity contribution in [2.75, 3.05) is 33.3 Å². The van der Waals surface area contributed by atoms with Crippen LogP contribution in [0.3, 0.4) is 0 Å². The zero-order valence-corrected chi connectivity index (χ0v) is 12.9. The Balaban J connectivity index is 1.76. The minimum atomic E-state index is -0.462. The van der Waals surface area contributed by atoms with Crippen LogP contribution in [0.2, 0.25) is 0 Å². The number of amides is 2. The molecule has 2 amide bonds. The highest BCUT2D eigenvalue weighted by Gasteiger charge is 2.25. The zero-order valence-electron chi connectivity index (χ0n) is 12.9. The van der Waals surface area contributed by atoms with Gasteiger partial charge in [0.25, 0.3) is 5.91 Å². The van der Waals surface area contributed by atoms with Crippen LogP contribution in [0.1, 0.15) is 10.4 Å². The summed E-state index contributed by atoms with van der Waals surface area (Å²) in [4.78, 5) is 38.7. The Kier molecular flexibility index (Phi) is 3.81. The Morgan fingerprint density at radius 3 is 2.43 bits per heavy atom. The maximum Gasteiger partial charge on any atom is 0.419 e. The number of aromatic nitrogens is 1. The SMILES string of the molecule is COC(=O)N1CCN(C(=O)c2ccc3c(c2)oc(=O)n3C)CC1. The van der Waals surface area contributed by atoms with Gasteiger partial charge in [-0.3, -0.25) is 9.36 Å². The van der Waals surface area contributed by atoms with Gasteiger partial charge in [-0.1, -0.05) is 0 Å². The molecule has 0 radical (unpaired) electrons. The van der Waals surface area contributed by atoms with E-state index in [1.54, 1.807) is 35.0 Å². The molecule has 0 atom stereocenters. The van der Waals surface area contributed by atoms with E-state index in [2.05, 4.69) is 4.74 Å². The Morgan fingerprint density at radius 2 is 1.78 bits per heavy atom. The van der Waals surface area contributed by atoms with Gasteiger partial charge in [-0.15, -0.1) is 0 Å². The maximum absolute atomic E-state index is 12.5. The van der Waals surface area contributed by atoms with Crippen LogP contribution in [0.4, 0.5) is 4.79 Å². The van der Waals surface area contributed by atoms with Gasteiger partial charge >= 0.3 is 11.8 Å². The van der Waals surface area contributed by atoms with Crippen LogP contribution in [-0.2, 0) is 11.8 Å². The standard InChI is InChI=1S/C15H17N3O5/c1-16-11-4-3-10(9-12(11)23-14(16)20)13(19)17-5-7-18(8-6-17)15(21)22-2/h3-4,9H,5-8H2,1-2H3. The van der Waals surface area contributed by atoms with E-state index < -0.39 is 5.76 Å². The number of hydrogen-bond donors (Lipinski definition) is 0. The number of piperazine rings is 1. The van der Waals surface area contributed by atoms with Crippen molar-refractivity contribution in [3.05, 3.63) is 34.3 Å². The lowest BCUT2D eigenvalue weighted by molar-refractivity contribution is 0.0600. The molecule has 0 spiro atoms. The number of aryl methyl sites for hydroxylation is 1. The summed E-state index contributed by atoms with van der Waals surface area (Å²) in [6, 6.07) is 4.94. The summed E-state index contributed by atoms with van der Waals surface area (Å²) >= 11 is 0. The van der Waals surface area contributed by atoms with Crippen molar-refractivity contribution in [3.8, 4) is 0 Å². The first-order chi connectivity index (χ1) is 11.0. The van der Waals surface area contributed by atoms with E-state index in [-0.39, 0.29) is 12.0 Å². The van der Waals surface area contributed by atoms with Crippen LogP contribution in [-0.4, -0.2) is 59.7 Å². The molecule has 8 heteroatoms. The number of oxazole rings is 1. The Hall–Kier alpha value is -2.77. The largest absolute Gasteiger partial charge is 0.453 e. The van der Waals surface area contributed by atoms with Gasteiger partial charge in [0, 0.05) is 38.8 Å². The van der Waals surface area contributed by atoms with Crippen molar-refractivity contribution in [2.45, 2.75) is 0 Å². The highest BCUT2D eigenvalue weighted by Crippen LogP contribution is 2.16. The number of ether oxygens (including phenoxy) is 1. The molecule has 1 fully saturated rings. The van der Waals surface area contributed by atoms with Crippen LogP contribution in [0, 0.1) is 0 Å². The fourth-order valence-corrected chi connectivity index (χ4v) is 2.67. The fraction of sp³-hybridized carbons (Fsp3) is 0.400. The molecule has 1 aromatic heterocycles. The molecule has 1 aliphatic heterocycles. The van der Waals surface area contributed by atoms with Crippen molar-refractivity contribution < 1.29 is 18.7 Å². The van der Waals surface area contributed by atoms with Crippen molar-refractivity contribution in [1.29, 1.82) is 0 Å². The first kappa shape index (κ1) is 15.1. The fourth-order valence-electron chi connectivity index (χ4n) is 2.67. The van der Waals surface area contributed by atoms with Gasteiger partial charge in [0.1, 0.15) is 0 Å². The third-order valence-corrected chi connectivity index (χ3v) is 4.04. The lowest BCUT2D eigenvalue weighted by Crippen LogP contribution is -2.50. The molecular formula is C15H17N3O5. The van der Waals surface area contributed by atoms with Crippen LogP contribution in [0.25, 0.3) is 11.1 Å². The second kappa shape index (κ2) is 5.79. The van der Waals surface area contributed by atoms with Gasteiger partial charge < -0.3 is 19.0 Å². The predicted octanol–water partition coefficient (Wildman–Crippen LogP) is 0.656. The summed E-state index contributed by atoms with van der Waals surface area (Å²) in [5, 5.41) is 0. The smallest absolute Gasteiger partial charge is 0.419 e. The normalized spacial score (nSPS) is 15.0. The van der Waals surface area contributed by atoms with Crippen molar-refractivity contribution >= 4 is 23.1 Å². The van der Waals surface area contributed by atoms with Crippen LogP contribution < -0.4 is 5.76 Å². The average molecular weight is 319 g/mol. The van der Waals surface area contributed by atoms with E-state index in [4.69, 9.17) is 4.42 Å². The molecule has 2 heterocycles. The molecule has 0 aliphatic carbocycles. The summed E-state index contributed by atoms with van der Waals surface area (Å²) in [5.74, 6) is -0.612. The molecule has 0 unspecified atom stereocenters. The first-order valence-corrected chi connectivity index (χ1v) is 7.23. The molecule has 1 saturated heterocycles. The monoisotopic (exact) mass is 319 g/mol. The number of nitrogens with zero attached hydrogens (tertiary/aromatic N) is 3. The number of benzene rings is 1. The van der Waals surface area contributed by atoms with Crippen molar-refractivity contribution in [1.82, 2.24) is 14.4 Å². The second-order valence-corrected chi connectivity index (χ2v) is 5.36. The predicted molar refractivity (Wildman–Crippen MR) is 81.3 cm³/mol. The van der Waals surface area contributed by atoms with Crippen LogP contribution in [0.15, 0.2) is 27.4 Å². The van der Waals surface area contributed by atoms with E-state index in [1.807, 2.05) is 0 Å². The molecule has 122 valence electrons. The highest BCUT2D eigenvalue weighted by molar-refractivity contribution is 5.97. The Morgan fingerprint density at radius 1 is 1.13 bits per heavy atom. The van der Waals surface area contributed by atoms with Gasteiger partial charge in [-0.25, -0.2) is 9.59 Å². The van der Waals surface area contributed by atoms with Gasteiger partial charge in [0.15, 0.2) is 5.58 Å². The summed E-state index contributed by atoms with van der Waals surface area (Å²) in [5.41, 5.74) is 1.48. The van der Waals surface area contributed by atoms with E-state index in [0.717, 1.165) is 0 Å². The molecule has 0 saturated carbocycles. The zero-order chi connectivity index (χ0) is 16.6. The number of carbonyl (C=O) groups is 2. The van der Waals surface area contributed by atoms with E-state index in [1.165, 1.54) is 11.7 Å². The average Bonchev–Trinajstić information content (AvgIpc) is 2.87. The molecule has 3 rings (SSSR count). The van der Waals surface area contributed by atoms with Crippen LogP contribution >= 0.6 is 0 Å². The number of rotatable bonds is 1. The third-order valence-electron chi connectivity index (χ3n) is 4.04. The molecule has 0 N–H and O–H groups in total. The van der Waals surface area contributed by atoms with Crippen molar-refractivity contribution in [2.24, 2.45) is 7.05 Å². The molecule has 1 aromatic carbocycles. The molecule has 23 heavy (non-hydrogen) atoms. The minimum Gasteiger partial charge on any atom is -0.453 e. The molecular weight excluding hydrogens is 302 g/mol. The number of methoxy groups -OCH3 is 1. The van der Waals surface area contributed by atoms with Gasteiger partial charge in [-0.2, -0.15) is 0 Å². The number of carbonyl (C=O) groups excluding carboxylic acids is 2. The van der Waals surface area contributed by atoms with E-state index in [0.29, 0.717) is 42.8 Å². The molecule has 2 aromatic rings. The topological polar surface area (TPSA) is 85.0 Å². The Bertz CT molecular complexity index is 814. The first-order valence-electron chi connectivity index (χ1n) is 7.23. The molecule has 1 aliphatic rings. The highest BCUT2D eigenvalue weighted by atomic mass is 16.5. The lowest BCUT2D eigenvalue weighted by atomic mass is 10.1. The quantitative estimate of drug-likeness (QED) is 0.771. The summed E-state index contributed by atoms with van der Waals surface area (Å²) < 4.78 is 11.2. The minimum absolute atomic E-state index is 0.150. The summed E-state index contributed by atoms with van der Waals surface area (Å²) in [6.45, 7) is 1.73. The maximum atomic E-state index is 12.5. The number of hydrogen-bond acceptors (Lipinski definition) is 5. The second-order valence-electron chi connectivity index (χ2n) is 5.36. The summed E-state index contributed by atoms with van der Waals surface area (Å²) in [7, 11) is 2.95. The van der Waals surface area contributed by atoms with Crippen LogP contribution in [0.5, 0.6) is 0 Å². The number of fused-ring (bicyclic) bond motifs is 1. The molecule has 8 nitrogen and oxygen atoms in total. The van der Waals surface area contributed by atoms with Gasteiger partial charge in [0.2, 0.25) is 0 Å². The lowest BCUT2D eigenvalue weighted by Gasteiger charge is -2.33.